The summed E-state index contributed by atoms with van der Waals surface area (Å²) >= 11 is 0. The van der Waals surface area contributed by atoms with Crippen LogP contribution in [0.5, 0.6) is 0 Å². The Morgan fingerprint density at radius 1 is 1.09 bits per heavy atom. The maximum atomic E-state index is 12.1. The van der Waals surface area contributed by atoms with Crippen molar-refractivity contribution in [3.05, 3.63) is 11.6 Å². The summed E-state index contributed by atoms with van der Waals surface area (Å²) in [5.74, 6) is 4.31. The maximum absolute atomic E-state index is 12.1. The van der Waals surface area contributed by atoms with Crippen LogP contribution < -0.4 is 0 Å². The lowest BCUT2D eigenvalue weighted by molar-refractivity contribution is -0.144. The van der Waals surface area contributed by atoms with E-state index in [1.165, 1.54) is 37.7 Å². The Morgan fingerprint density at radius 3 is 2.69 bits per heavy atom. The predicted molar refractivity (Wildman–Crippen MR) is 129 cm³/mol. The molecule has 0 aromatic rings. The summed E-state index contributed by atoms with van der Waals surface area (Å²) in [6.07, 6.45) is 16.5. The number of hydrogen-bond donors (Lipinski definition) is 0. The van der Waals surface area contributed by atoms with Gasteiger partial charge in [0.2, 0.25) is 0 Å². The second kappa shape index (κ2) is 9.63. The molecule has 4 aliphatic rings. The standard InChI is InChI=1S/C29H46O3/c1-5-6-18-32-27(31)9-7-8-20(2)24-12-13-25-23-11-10-21-19-22(30)14-16-28(21,3)26(23)15-17-29(24,25)4/h19-20,23-26H,5-18H2,1-4H3/t20-,23+,24-,25+,26+,28+,29-/m1/s1. The number of unbranched alkanes of at least 4 members (excludes halogenated alkanes) is 1. The van der Waals surface area contributed by atoms with Crippen LogP contribution in [0, 0.1) is 40.4 Å². The van der Waals surface area contributed by atoms with Gasteiger partial charge in [-0.05, 0) is 111 Å². The highest BCUT2D eigenvalue weighted by Gasteiger charge is 2.59. The lowest BCUT2D eigenvalue weighted by atomic mass is 9.46. The van der Waals surface area contributed by atoms with Gasteiger partial charge in [0.25, 0.3) is 0 Å². The van der Waals surface area contributed by atoms with Crippen molar-refractivity contribution in [2.75, 3.05) is 6.61 Å². The number of ketones is 1. The monoisotopic (exact) mass is 442 g/mol. The smallest absolute Gasteiger partial charge is 0.305 e. The molecule has 0 spiro atoms. The molecule has 0 heterocycles. The van der Waals surface area contributed by atoms with Gasteiger partial charge in [0.15, 0.2) is 5.78 Å². The summed E-state index contributed by atoms with van der Waals surface area (Å²) < 4.78 is 5.35. The van der Waals surface area contributed by atoms with E-state index in [2.05, 4.69) is 27.7 Å². The van der Waals surface area contributed by atoms with E-state index in [0.29, 0.717) is 30.1 Å². The van der Waals surface area contributed by atoms with Gasteiger partial charge < -0.3 is 4.74 Å². The van der Waals surface area contributed by atoms with Gasteiger partial charge in [-0.15, -0.1) is 0 Å². The van der Waals surface area contributed by atoms with Crippen LogP contribution in [0.15, 0.2) is 11.6 Å². The van der Waals surface area contributed by atoms with Crippen LogP contribution in [-0.2, 0) is 14.3 Å². The fourth-order valence-corrected chi connectivity index (χ4v) is 8.71. The normalized spacial score (nSPS) is 39.5. The molecule has 0 aliphatic heterocycles. The summed E-state index contributed by atoms with van der Waals surface area (Å²) in [6.45, 7) is 10.2. The highest BCUT2D eigenvalue weighted by atomic mass is 16.5. The minimum atomic E-state index is -0.00746. The van der Waals surface area contributed by atoms with Crippen LogP contribution in [0.4, 0.5) is 0 Å². The zero-order chi connectivity index (χ0) is 22.9. The Labute approximate surface area is 196 Å². The van der Waals surface area contributed by atoms with Crippen LogP contribution in [-0.4, -0.2) is 18.4 Å². The molecule has 4 rings (SSSR count). The summed E-state index contributed by atoms with van der Waals surface area (Å²) in [7, 11) is 0. The molecule has 3 fully saturated rings. The van der Waals surface area contributed by atoms with Gasteiger partial charge in [0.05, 0.1) is 6.61 Å². The third kappa shape index (κ3) is 4.34. The molecule has 32 heavy (non-hydrogen) atoms. The zero-order valence-corrected chi connectivity index (χ0v) is 21.1. The van der Waals surface area contributed by atoms with Crippen LogP contribution in [0.25, 0.3) is 0 Å². The molecule has 4 aliphatic carbocycles. The molecule has 0 N–H and O–H groups in total. The fourth-order valence-electron chi connectivity index (χ4n) is 8.71. The largest absolute Gasteiger partial charge is 0.466 e. The van der Waals surface area contributed by atoms with E-state index in [1.54, 1.807) is 0 Å². The van der Waals surface area contributed by atoms with Crippen LogP contribution in [0.2, 0.25) is 0 Å². The fraction of sp³-hybridized carbons (Fsp3) is 0.862. The van der Waals surface area contributed by atoms with Crippen LogP contribution >= 0.6 is 0 Å². The van der Waals surface area contributed by atoms with Gasteiger partial charge in [0.1, 0.15) is 0 Å². The van der Waals surface area contributed by atoms with E-state index in [-0.39, 0.29) is 11.4 Å². The molecule has 0 aromatic heterocycles. The lowest BCUT2D eigenvalue weighted by Gasteiger charge is -2.58. The number of carbonyl (C=O) groups excluding carboxylic acids is 2. The van der Waals surface area contributed by atoms with Crippen molar-refractivity contribution in [1.82, 2.24) is 0 Å². The van der Waals surface area contributed by atoms with Gasteiger partial charge >= 0.3 is 5.97 Å². The first kappa shape index (κ1) is 24.0. The van der Waals surface area contributed by atoms with E-state index in [1.807, 2.05) is 6.08 Å². The van der Waals surface area contributed by atoms with Gasteiger partial charge in [-0.2, -0.15) is 0 Å². The van der Waals surface area contributed by atoms with E-state index in [0.717, 1.165) is 68.6 Å². The molecule has 0 amide bonds. The summed E-state index contributed by atoms with van der Waals surface area (Å²) in [4.78, 5) is 24.0. The van der Waals surface area contributed by atoms with Gasteiger partial charge in [-0.25, -0.2) is 0 Å². The maximum Gasteiger partial charge on any atom is 0.305 e. The van der Waals surface area contributed by atoms with E-state index >= 15 is 0 Å². The van der Waals surface area contributed by atoms with Crippen molar-refractivity contribution in [1.29, 1.82) is 0 Å². The van der Waals surface area contributed by atoms with Crippen molar-refractivity contribution < 1.29 is 14.3 Å². The zero-order valence-electron chi connectivity index (χ0n) is 21.1. The number of esters is 1. The van der Waals surface area contributed by atoms with Crippen molar-refractivity contribution >= 4 is 11.8 Å². The van der Waals surface area contributed by atoms with E-state index in [4.69, 9.17) is 4.74 Å². The Bertz CT molecular complexity index is 739. The van der Waals surface area contributed by atoms with Crippen LogP contribution in [0.3, 0.4) is 0 Å². The quantitative estimate of drug-likeness (QED) is 0.293. The minimum Gasteiger partial charge on any atom is -0.466 e. The van der Waals surface area contributed by atoms with Crippen molar-refractivity contribution in [3.63, 3.8) is 0 Å². The van der Waals surface area contributed by atoms with Crippen molar-refractivity contribution in [2.45, 2.75) is 111 Å². The third-order valence-electron chi connectivity index (χ3n) is 10.5. The second-order valence-electron chi connectivity index (χ2n) is 12.1. The highest BCUT2D eigenvalue weighted by Crippen LogP contribution is 2.67. The SMILES string of the molecule is CCCCOC(=O)CCC[C@@H](C)[C@H]1CC[C@H]2[C@@H]3CCC4=CC(=O)CC[C@]4(C)[C@H]3CC[C@]12C. The van der Waals surface area contributed by atoms with Gasteiger partial charge in [-0.1, -0.05) is 39.7 Å². The number of ether oxygens (including phenoxy) is 1. The number of carbonyl (C=O) groups is 2. The molecule has 0 radical (unpaired) electrons. The molecule has 7 atom stereocenters. The Morgan fingerprint density at radius 2 is 1.91 bits per heavy atom. The molecule has 180 valence electrons. The first-order valence-corrected chi connectivity index (χ1v) is 13.7. The number of allylic oxidation sites excluding steroid dienone is 1. The Hall–Kier alpha value is -1.12. The highest BCUT2D eigenvalue weighted by molar-refractivity contribution is 5.91. The number of rotatable bonds is 8. The molecule has 3 heteroatoms. The molecular weight excluding hydrogens is 396 g/mol. The number of fused-ring (bicyclic) bond motifs is 5. The minimum absolute atomic E-state index is 0.00746. The molecule has 0 saturated heterocycles. The molecule has 3 nitrogen and oxygen atoms in total. The second-order valence-corrected chi connectivity index (χ2v) is 12.1. The lowest BCUT2D eigenvalue weighted by Crippen LogP contribution is -2.50. The topological polar surface area (TPSA) is 43.4 Å². The Balaban J connectivity index is 1.36. The molecule has 0 aromatic carbocycles. The van der Waals surface area contributed by atoms with Crippen LogP contribution in [0.1, 0.15) is 111 Å². The third-order valence-corrected chi connectivity index (χ3v) is 10.5. The first-order chi connectivity index (χ1) is 15.3. The average molecular weight is 443 g/mol. The summed E-state index contributed by atoms with van der Waals surface area (Å²) in [5, 5.41) is 0. The van der Waals surface area contributed by atoms with Gasteiger partial charge in [0, 0.05) is 12.8 Å². The summed E-state index contributed by atoms with van der Waals surface area (Å²) in [5.41, 5.74) is 2.22. The van der Waals surface area contributed by atoms with Gasteiger partial charge in [-0.3, -0.25) is 9.59 Å². The predicted octanol–water partition coefficient (Wildman–Crippen LogP) is 7.28. The number of hydrogen-bond acceptors (Lipinski definition) is 3. The molecule has 0 bridgehead atoms. The molecule has 3 saturated carbocycles. The summed E-state index contributed by atoms with van der Waals surface area (Å²) in [6, 6.07) is 0. The van der Waals surface area contributed by atoms with Crippen molar-refractivity contribution in [2.24, 2.45) is 40.4 Å². The molecular formula is C29H46O3. The van der Waals surface area contributed by atoms with E-state index in [9.17, 15) is 9.59 Å². The first-order valence-electron chi connectivity index (χ1n) is 13.7. The van der Waals surface area contributed by atoms with E-state index < -0.39 is 0 Å². The average Bonchev–Trinajstić information content (AvgIpc) is 3.11. The van der Waals surface area contributed by atoms with Crippen molar-refractivity contribution in [3.8, 4) is 0 Å². The Kier molecular flexibility index (Phi) is 7.23. The molecule has 0 unspecified atom stereocenters.